The van der Waals surface area contributed by atoms with Crippen LogP contribution in [0.3, 0.4) is 0 Å². The van der Waals surface area contributed by atoms with E-state index in [0.717, 1.165) is 18.8 Å². The van der Waals surface area contributed by atoms with Crippen LogP contribution in [-0.2, 0) is 19.1 Å². The average molecular weight is 487 g/mol. The molecule has 0 aromatic heterocycles. The molecule has 35 heavy (non-hydrogen) atoms. The molecule has 4 rings (SSSR count). The van der Waals surface area contributed by atoms with Gasteiger partial charge < -0.3 is 30.3 Å². The van der Waals surface area contributed by atoms with E-state index in [1.165, 1.54) is 4.90 Å². The van der Waals surface area contributed by atoms with Gasteiger partial charge in [-0.3, -0.25) is 14.4 Å². The highest BCUT2D eigenvalue weighted by Gasteiger charge is 2.80. The summed E-state index contributed by atoms with van der Waals surface area (Å²) in [5.41, 5.74) is -0.300. The Balaban J connectivity index is 1.70. The normalized spacial score (nSPS) is 34.0. The van der Waals surface area contributed by atoms with Gasteiger partial charge in [-0.15, -0.1) is 0 Å². The summed E-state index contributed by atoms with van der Waals surface area (Å²) < 4.78 is 6.59. The maximum Gasteiger partial charge on any atom is 0.250 e. The van der Waals surface area contributed by atoms with E-state index in [2.05, 4.69) is 29.4 Å². The number of aliphatic hydroxyl groups excluding tert-OH is 1. The van der Waals surface area contributed by atoms with Crippen molar-refractivity contribution in [1.29, 1.82) is 0 Å². The Morgan fingerprint density at radius 1 is 1.23 bits per heavy atom. The number of fused-ring (bicyclic) bond motifs is 1. The molecule has 9 nitrogen and oxygen atoms in total. The van der Waals surface area contributed by atoms with E-state index in [4.69, 9.17) is 4.74 Å². The Hall–Kier alpha value is -2.65. The summed E-state index contributed by atoms with van der Waals surface area (Å²) in [5.74, 6) is -2.45. The van der Waals surface area contributed by atoms with Crippen LogP contribution in [0.4, 0.5) is 11.4 Å². The third-order valence-corrected chi connectivity index (χ3v) is 8.53. The number of ether oxygens (including phenoxy) is 1. The minimum atomic E-state index is -1.13. The summed E-state index contributed by atoms with van der Waals surface area (Å²) in [7, 11) is 1.55. The van der Waals surface area contributed by atoms with Gasteiger partial charge in [-0.05, 0) is 64.3 Å². The summed E-state index contributed by atoms with van der Waals surface area (Å²) >= 11 is 0. The van der Waals surface area contributed by atoms with E-state index in [9.17, 15) is 19.5 Å². The summed E-state index contributed by atoms with van der Waals surface area (Å²) in [6.07, 6.45) is 0.487. The zero-order valence-corrected chi connectivity index (χ0v) is 21.5. The Morgan fingerprint density at radius 3 is 2.40 bits per heavy atom. The standard InChI is InChI=1S/C26H38N4O5/c1-7-29(8-2)18-11-9-17(10-12-18)28-23(33)21-26-13-15(3)25(5,35-26)19(22(32)27-6)20(26)24(34)30(21)16(4)14-31/h9-12,15-16,19-21,31H,7-8,13-14H2,1-6H3,(H,27,32)(H,28,33)/t15?,16-,19-,20+,21?,25+,26?/m1/s1. The molecular formula is C26H38N4O5. The molecule has 0 aliphatic carbocycles. The summed E-state index contributed by atoms with van der Waals surface area (Å²) in [5, 5.41) is 15.6. The van der Waals surface area contributed by atoms with E-state index in [-0.39, 0.29) is 30.2 Å². The Labute approximate surface area is 207 Å². The second kappa shape index (κ2) is 9.09. The van der Waals surface area contributed by atoms with Gasteiger partial charge in [0.2, 0.25) is 17.7 Å². The molecule has 3 N–H and O–H groups in total. The Bertz CT molecular complexity index is 996. The number of carbonyl (C=O) groups is 3. The van der Waals surface area contributed by atoms with Crippen LogP contribution in [0.5, 0.6) is 0 Å². The van der Waals surface area contributed by atoms with E-state index in [1.807, 2.05) is 38.1 Å². The molecule has 1 spiro atoms. The second-order valence-electron chi connectivity index (χ2n) is 10.3. The monoisotopic (exact) mass is 486 g/mol. The maximum atomic E-state index is 13.8. The molecule has 3 saturated heterocycles. The Kier molecular flexibility index (Phi) is 6.61. The molecule has 3 amide bonds. The number of benzene rings is 1. The Morgan fingerprint density at radius 2 is 1.86 bits per heavy atom. The van der Waals surface area contributed by atoms with Crippen molar-refractivity contribution in [3.63, 3.8) is 0 Å². The molecule has 3 fully saturated rings. The number of hydrogen-bond acceptors (Lipinski definition) is 6. The quantitative estimate of drug-likeness (QED) is 0.515. The zero-order chi connectivity index (χ0) is 25.7. The van der Waals surface area contributed by atoms with E-state index in [1.54, 1.807) is 14.0 Å². The number of nitrogens with zero attached hydrogens (tertiary/aromatic N) is 2. The number of hydrogen-bond donors (Lipinski definition) is 3. The molecular weight excluding hydrogens is 448 g/mol. The van der Waals surface area contributed by atoms with Gasteiger partial charge >= 0.3 is 0 Å². The van der Waals surface area contributed by atoms with Gasteiger partial charge in [0.15, 0.2) is 0 Å². The number of anilines is 2. The number of likely N-dealkylation sites (tertiary alicyclic amines) is 1. The third kappa shape index (κ3) is 3.62. The van der Waals surface area contributed by atoms with Gasteiger partial charge in [0.05, 0.1) is 30.1 Å². The van der Waals surface area contributed by atoms with Gasteiger partial charge in [0, 0.05) is 31.5 Å². The molecule has 1 aromatic rings. The molecule has 3 aliphatic heterocycles. The average Bonchev–Trinajstić information content (AvgIpc) is 3.36. The molecule has 2 bridgehead atoms. The zero-order valence-electron chi connectivity index (χ0n) is 21.5. The molecule has 0 saturated carbocycles. The first-order chi connectivity index (χ1) is 16.6. The summed E-state index contributed by atoms with van der Waals surface area (Å²) in [6, 6.07) is 6.06. The molecule has 9 heteroatoms. The fourth-order valence-corrected chi connectivity index (χ4v) is 6.65. The minimum Gasteiger partial charge on any atom is -0.394 e. The first-order valence-corrected chi connectivity index (χ1v) is 12.6. The van der Waals surface area contributed by atoms with Crippen molar-refractivity contribution < 1.29 is 24.2 Å². The van der Waals surface area contributed by atoms with E-state index in [0.29, 0.717) is 12.1 Å². The highest BCUT2D eigenvalue weighted by molar-refractivity contribution is 6.04. The minimum absolute atomic E-state index is 0.0260. The van der Waals surface area contributed by atoms with Crippen LogP contribution in [0, 0.1) is 17.8 Å². The van der Waals surface area contributed by atoms with Crippen LogP contribution in [0.2, 0.25) is 0 Å². The first-order valence-electron chi connectivity index (χ1n) is 12.6. The maximum absolute atomic E-state index is 13.8. The van der Waals surface area contributed by atoms with Crippen LogP contribution in [0.15, 0.2) is 24.3 Å². The summed E-state index contributed by atoms with van der Waals surface area (Å²) in [4.78, 5) is 44.2. The van der Waals surface area contributed by atoms with Crippen molar-refractivity contribution in [2.75, 3.05) is 37.0 Å². The van der Waals surface area contributed by atoms with Gasteiger partial charge in [-0.1, -0.05) is 6.92 Å². The molecule has 3 unspecified atom stereocenters. The second-order valence-corrected chi connectivity index (χ2v) is 10.3. The number of nitrogens with one attached hydrogen (secondary N) is 2. The van der Waals surface area contributed by atoms with Gasteiger partial charge in [0.25, 0.3) is 0 Å². The fourth-order valence-electron chi connectivity index (χ4n) is 6.65. The molecule has 3 aliphatic rings. The number of rotatable bonds is 8. The number of carbonyl (C=O) groups excluding carboxylic acids is 3. The summed E-state index contributed by atoms with van der Waals surface area (Å²) in [6.45, 7) is 11.2. The molecule has 7 atom stereocenters. The van der Waals surface area contributed by atoms with Crippen molar-refractivity contribution in [3.05, 3.63) is 24.3 Å². The van der Waals surface area contributed by atoms with Crippen LogP contribution >= 0.6 is 0 Å². The lowest BCUT2D eigenvalue weighted by Gasteiger charge is -2.36. The molecule has 0 radical (unpaired) electrons. The third-order valence-electron chi connectivity index (χ3n) is 8.53. The lowest BCUT2D eigenvalue weighted by Crippen LogP contribution is -2.56. The van der Waals surface area contributed by atoms with Crippen molar-refractivity contribution in [3.8, 4) is 0 Å². The topological polar surface area (TPSA) is 111 Å². The largest absolute Gasteiger partial charge is 0.394 e. The van der Waals surface area contributed by atoms with Crippen LogP contribution in [0.25, 0.3) is 0 Å². The van der Waals surface area contributed by atoms with Crippen LogP contribution < -0.4 is 15.5 Å². The predicted octanol–water partition coefficient (Wildman–Crippen LogP) is 1.61. The van der Waals surface area contributed by atoms with Gasteiger partial charge in [-0.25, -0.2) is 0 Å². The number of aliphatic hydroxyl groups is 1. The highest BCUT2D eigenvalue weighted by Crippen LogP contribution is 2.65. The van der Waals surface area contributed by atoms with Crippen LogP contribution in [-0.4, -0.2) is 77.8 Å². The highest BCUT2D eigenvalue weighted by atomic mass is 16.5. The van der Waals surface area contributed by atoms with Gasteiger partial charge in [-0.2, -0.15) is 0 Å². The molecule has 192 valence electrons. The number of amides is 3. The SMILES string of the molecule is CCN(CC)c1ccc(NC(=O)C2N([C@H](C)CO)C(=O)[C@@H]3[C@H](C(=O)NC)[C@@]4(C)OC23CC4C)cc1. The van der Waals surface area contributed by atoms with Crippen molar-refractivity contribution >= 4 is 29.1 Å². The fraction of sp³-hybridized carbons (Fsp3) is 0.654. The van der Waals surface area contributed by atoms with E-state index < -0.39 is 35.1 Å². The van der Waals surface area contributed by atoms with Crippen molar-refractivity contribution in [2.24, 2.45) is 17.8 Å². The predicted molar refractivity (Wildman–Crippen MR) is 133 cm³/mol. The molecule has 3 heterocycles. The molecule has 1 aromatic carbocycles. The lowest BCUT2D eigenvalue weighted by molar-refractivity contribution is -0.148. The smallest absolute Gasteiger partial charge is 0.250 e. The van der Waals surface area contributed by atoms with E-state index >= 15 is 0 Å². The lowest BCUT2D eigenvalue weighted by atomic mass is 9.62. The first kappa shape index (κ1) is 25.4. The van der Waals surface area contributed by atoms with Crippen LogP contribution in [0.1, 0.15) is 41.0 Å². The van der Waals surface area contributed by atoms with Crippen molar-refractivity contribution in [2.45, 2.75) is 64.3 Å². The van der Waals surface area contributed by atoms with Crippen molar-refractivity contribution in [1.82, 2.24) is 10.2 Å². The van der Waals surface area contributed by atoms with Gasteiger partial charge in [0.1, 0.15) is 11.6 Å².